The smallest absolute Gasteiger partial charge is 0.478 e. The fourth-order valence-electron chi connectivity index (χ4n) is 1.91. The molecular formula is C14H19BN2O4. The van der Waals surface area contributed by atoms with E-state index in [0.29, 0.717) is 5.69 Å². The Morgan fingerprint density at radius 1 is 1.29 bits per heavy atom. The summed E-state index contributed by atoms with van der Waals surface area (Å²) in [6.45, 7) is 7.88. The maximum atomic E-state index is 10.9. The van der Waals surface area contributed by atoms with Gasteiger partial charge in [0.05, 0.1) is 16.9 Å². The number of nitrogens with zero attached hydrogens (tertiary/aromatic N) is 1. The van der Waals surface area contributed by atoms with Gasteiger partial charge in [0.2, 0.25) is 0 Å². The van der Waals surface area contributed by atoms with E-state index in [0.717, 1.165) is 0 Å². The van der Waals surface area contributed by atoms with Crippen molar-refractivity contribution in [3.63, 3.8) is 0 Å². The number of rotatable bonds is 3. The van der Waals surface area contributed by atoms with E-state index >= 15 is 0 Å². The van der Waals surface area contributed by atoms with Gasteiger partial charge in [0.1, 0.15) is 11.4 Å². The molecule has 0 bridgehead atoms. The molecule has 112 valence electrons. The fourth-order valence-corrected chi connectivity index (χ4v) is 1.91. The summed E-state index contributed by atoms with van der Waals surface area (Å²) in [6, 6.07) is 3.01. The molecule has 0 unspecified atom stereocenters. The lowest BCUT2D eigenvalue weighted by Crippen LogP contribution is -2.41. The Hall–Kier alpha value is -1.86. The molecule has 21 heavy (non-hydrogen) atoms. The summed E-state index contributed by atoms with van der Waals surface area (Å²) >= 11 is 0. The van der Waals surface area contributed by atoms with Crippen molar-refractivity contribution in [1.82, 2.24) is 4.98 Å². The zero-order valence-corrected chi connectivity index (χ0v) is 12.6. The molecule has 3 N–H and O–H groups in total. The second-order valence-electron chi connectivity index (χ2n) is 5.96. The standard InChI is InChI=1S/C14H19BN2O4/c1-13(2)14(3,4)21-15(20-13)8-7-9-5-6-10(12(18)19)11(16)17-9/h5-8H,1-4H3,(H2,16,17)(H,18,19)/b8-7+. The molecule has 1 aromatic heterocycles. The molecule has 2 rings (SSSR count). The van der Waals surface area contributed by atoms with E-state index in [4.69, 9.17) is 20.1 Å². The van der Waals surface area contributed by atoms with E-state index in [-0.39, 0.29) is 11.4 Å². The van der Waals surface area contributed by atoms with E-state index in [1.165, 1.54) is 6.07 Å². The minimum atomic E-state index is -1.10. The summed E-state index contributed by atoms with van der Waals surface area (Å²) in [5.74, 6) is 0.624. The predicted octanol–water partition coefficient (Wildman–Crippen LogP) is 2.01. The molecule has 0 atom stereocenters. The highest BCUT2D eigenvalue weighted by Gasteiger charge is 2.49. The van der Waals surface area contributed by atoms with E-state index in [2.05, 4.69) is 4.98 Å². The Morgan fingerprint density at radius 2 is 1.86 bits per heavy atom. The molecule has 0 amide bonds. The summed E-state index contributed by atoms with van der Waals surface area (Å²) in [4.78, 5) is 14.9. The van der Waals surface area contributed by atoms with Crippen LogP contribution in [0.5, 0.6) is 0 Å². The van der Waals surface area contributed by atoms with Gasteiger partial charge in [-0.05, 0) is 45.9 Å². The maximum Gasteiger partial charge on any atom is 0.487 e. The molecule has 0 aromatic carbocycles. The average Bonchev–Trinajstić information content (AvgIpc) is 2.55. The van der Waals surface area contributed by atoms with E-state index in [9.17, 15) is 4.79 Å². The zero-order valence-electron chi connectivity index (χ0n) is 12.6. The number of anilines is 1. The Morgan fingerprint density at radius 3 is 2.33 bits per heavy atom. The lowest BCUT2D eigenvalue weighted by Gasteiger charge is -2.32. The van der Waals surface area contributed by atoms with Gasteiger partial charge in [-0.15, -0.1) is 0 Å². The van der Waals surface area contributed by atoms with Crippen molar-refractivity contribution in [2.75, 3.05) is 5.73 Å². The highest BCUT2D eigenvalue weighted by atomic mass is 16.7. The number of nitrogens with two attached hydrogens (primary N) is 1. The van der Waals surface area contributed by atoms with Crippen molar-refractivity contribution in [1.29, 1.82) is 0 Å². The predicted molar refractivity (Wildman–Crippen MR) is 80.7 cm³/mol. The Balaban J connectivity index is 2.13. The van der Waals surface area contributed by atoms with Gasteiger partial charge in [0.15, 0.2) is 0 Å². The highest BCUT2D eigenvalue weighted by Crippen LogP contribution is 2.36. The fraction of sp³-hybridized carbons (Fsp3) is 0.429. The SMILES string of the molecule is CC1(C)OB(/C=C/c2ccc(C(=O)O)c(N)n2)OC1(C)C. The molecule has 0 aliphatic carbocycles. The van der Waals surface area contributed by atoms with Crippen molar-refractivity contribution in [2.45, 2.75) is 38.9 Å². The third-order valence-electron chi connectivity index (χ3n) is 3.87. The molecule has 0 radical (unpaired) electrons. The van der Waals surface area contributed by atoms with Crippen LogP contribution >= 0.6 is 0 Å². The van der Waals surface area contributed by atoms with E-state index in [1.807, 2.05) is 27.7 Å². The molecular weight excluding hydrogens is 271 g/mol. The number of pyridine rings is 1. The van der Waals surface area contributed by atoms with Crippen LogP contribution in [-0.2, 0) is 9.31 Å². The van der Waals surface area contributed by atoms with Crippen LogP contribution in [0.15, 0.2) is 18.1 Å². The third-order valence-corrected chi connectivity index (χ3v) is 3.87. The van der Waals surface area contributed by atoms with Crippen molar-refractivity contribution < 1.29 is 19.2 Å². The van der Waals surface area contributed by atoms with Crippen LogP contribution in [-0.4, -0.2) is 34.4 Å². The second-order valence-corrected chi connectivity index (χ2v) is 5.96. The van der Waals surface area contributed by atoms with Crippen molar-refractivity contribution >= 4 is 25.0 Å². The van der Waals surface area contributed by atoms with Crippen molar-refractivity contribution in [3.05, 3.63) is 29.4 Å². The van der Waals surface area contributed by atoms with Gasteiger partial charge in [-0.1, -0.05) is 5.98 Å². The first-order valence-corrected chi connectivity index (χ1v) is 6.66. The number of carboxylic acid groups (broad SMARTS) is 1. The van der Waals surface area contributed by atoms with E-state index in [1.54, 1.807) is 18.1 Å². The highest BCUT2D eigenvalue weighted by molar-refractivity contribution is 6.52. The normalized spacial score (nSPS) is 20.1. The number of carbonyl (C=O) groups is 1. The minimum Gasteiger partial charge on any atom is -0.478 e. The molecule has 1 fully saturated rings. The largest absolute Gasteiger partial charge is 0.487 e. The first kappa shape index (κ1) is 15.5. The Bertz CT molecular complexity index is 583. The molecule has 1 aliphatic rings. The molecule has 1 saturated heterocycles. The molecule has 1 aromatic rings. The van der Waals surface area contributed by atoms with Crippen LogP contribution < -0.4 is 5.73 Å². The number of aromatic nitrogens is 1. The van der Waals surface area contributed by atoms with Crippen LogP contribution in [0, 0.1) is 0 Å². The van der Waals surface area contributed by atoms with Gasteiger partial charge < -0.3 is 20.1 Å². The first-order valence-electron chi connectivity index (χ1n) is 6.66. The summed E-state index contributed by atoms with van der Waals surface area (Å²) in [6.07, 6.45) is 1.70. The molecule has 0 spiro atoms. The number of hydrogen-bond donors (Lipinski definition) is 2. The van der Waals surface area contributed by atoms with Crippen LogP contribution in [0.25, 0.3) is 6.08 Å². The molecule has 6 nitrogen and oxygen atoms in total. The average molecular weight is 290 g/mol. The summed E-state index contributed by atoms with van der Waals surface area (Å²) < 4.78 is 11.6. The van der Waals surface area contributed by atoms with Crippen LogP contribution in [0.3, 0.4) is 0 Å². The van der Waals surface area contributed by atoms with Gasteiger partial charge >= 0.3 is 13.1 Å². The van der Waals surface area contributed by atoms with Crippen molar-refractivity contribution in [3.8, 4) is 0 Å². The Labute approximate surface area is 124 Å². The lowest BCUT2D eigenvalue weighted by molar-refractivity contribution is 0.00578. The zero-order chi connectivity index (χ0) is 15.8. The van der Waals surface area contributed by atoms with Crippen LogP contribution in [0.1, 0.15) is 43.7 Å². The quantitative estimate of drug-likeness (QED) is 0.827. The second kappa shape index (κ2) is 5.16. The van der Waals surface area contributed by atoms with Crippen molar-refractivity contribution in [2.24, 2.45) is 0 Å². The summed E-state index contributed by atoms with van der Waals surface area (Å²) in [7, 11) is -0.475. The van der Waals surface area contributed by atoms with Gasteiger partial charge in [-0.3, -0.25) is 0 Å². The third kappa shape index (κ3) is 3.09. The minimum absolute atomic E-state index is 0.0113. The number of nitrogen functional groups attached to an aromatic ring is 1. The summed E-state index contributed by atoms with van der Waals surface area (Å²) in [5, 5.41) is 8.90. The Kier molecular flexibility index (Phi) is 3.82. The maximum absolute atomic E-state index is 10.9. The van der Waals surface area contributed by atoms with Crippen LogP contribution in [0.4, 0.5) is 5.82 Å². The molecule has 0 saturated carbocycles. The van der Waals surface area contributed by atoms with Gasteiger partial charge in [-0.25, -0.2) is 9.78 Å². The van der Waals surface area contributed by atoms with Crippen LogP contribution in [0.2, 0.25) is 0 Å². The molecule has 7 heteroatoms. The lowest BCUT2D eigenvalue weighted by atomic mass is 9.89. The van der Waals surface area contributed by atoms with Gasteiger partial charge in [0, 0.05) is 0 Å². The topological polar surface area (TPSA) is 94.7 Å². The number of carboxylic acids is 1. The van der Waals surface area contributed by atoms with Gasteiger partial charge in [-0.2, -0.15) is 0 Å². The van der Waals surface area contributed by atoms with E-state index < -0.39 is 24.3 Å². The monoisotopic (exact) mass is 290 g/mol. The molecule has 2 heterocycles. The summed E-state index contributed by atoms with van der Waals surface area (Å²) in [5.41, 5.74) is 5.34. The first-order chi connectivity index (χ1) is 9.62. The number of aromatic carboxylic acids is 1. The van der Waals surface area contributed by atoms with Gasteiger partial charge in [0.25, 0.3) is 0 Å². The number of hydrogen-bond acceptors (Lipinski definition) is 5. The molecule has 1 aliphatic heterocycles.